The Kier molecular flexibility index (Phi) is 2.86. The van der Waals surface area contributed by atoms with Crippen molar-refractivity contribution in [3.05, 3.63) is 12.1 Å². The first kappa shape index (κ1) is 5.76. The molecule has 0 aromatic rings. The molecule has 0 rings (SSSR count). The predicted octanol–water partition coefficient (Wildman–Crippen LogP) is 0.359. The van der Waals surface area contributed by atoms with Gasteiger partial charge >= 0.3 is 0 Å². The van der Waals surface area contributed by atoms with Crippen LogP contribution in [-0.4, -0.2) is 14.5 Å². The van der Waals surface area contributed by atoms with Gasteiger partial charge in [0.1, 0.15) is 0 Å². The summed E-state index contributed by atoms with van der Waals surface area (Å²) in [4.78, 5) is 0. The fourth-order valence-corrected chi connectivity index (χ4v) is 0.246. The average Bonchev–Trinajstić information content (AvgIpc) is 1.35. The maximum Gasteiger partial charge on any atom is 0.239 e. The van der Waals surface area contributed by atoms with Gasteiger partial charge in [-0.25, -0.2) is 0 Å². The van der Waals surface area contributed by atoms with Gasteiger partial charge in [0.15, 0.2) is 0 Å². The fourth-order valence-electron chi connectivity index (χ4n) is 0.246. The van der Waals surface area contributed by atoms with Crippen molar-refractivity contribution in [3.8, 4) is 0 Å². The highest BCUT2D eigenvalue weighted by atomic mass is 14.7. The van der Waals surface area contributed by atoms with Gasteiger partial charge in [-0.2, -0.15) is 0 Å². The Bertz CT molecular complexity index is 51.5. The number of allylic oxidation sites excluding steroid dienone is 1. The summed E-state index contributed by atoms with van der Waals surface area (Å²) >= 11 is 0. The van der Waals surface area contributed by atoms with E-state index < -0.39 is 0 Å². The molecule has 0 fully saturated rings. The maximum absolute atomic E-state index is 3.63. The van der Waals surface area contributed by atoms with Gasteiger partial charge in [0.05, 0.1) is 0 Å². The molecule has 1 nitrogen and oxygen atoms in total. The molecule has 0 aromatic heterocycles. The van der Waals surface area contributed by atoms with E-state index in [1.54, 1.807) is 0 Å². The second kappa shape index (κ2) is 2.97. The van der Waals surface area contributed by atoms with E-state index in [1.807, 2.05) is 21.4 Å². The number of hydrogen-bond acceptors (Lipinski definition) is 1. The zero-order valence-electron chi connectivity index (χ0n) is 4.28. The molecular weight excluding hydrogens is 72.9 g/mol. The van der Waals surface area contributed by atoms with Crippen LogP contribution in [0.4, 0.5) is 0 Å². The number of nitrogens with one attached hydrogen (secondary N) is 1. The van der Waals surface area contributed by atoms with Crippen LogP contribution in [0.2, 0.25) is 0 Å². The average molecular weight is 81.9 g/mol. The van der Waals surface area contributed by atoms with Gasteiger partial charge in [-0.05, 0) is 7.05 Å². The van der Waals surface area contributed by atoms with Crippen LogP contribution in [0.5, 0.6) is 0 Å². The third-order valence-corrected chi connectivity index (χ3v) is 0.391. The Morgan fingerprint density at radius 3 is 2.33 bits per heavy atom. The van der Waals surface area contributed by atoms with Gasteiger partial charge in [-0.15, -0.1) is 6.58 Å². The summed E-state index contributed by atoms with van der Waals surface area (Å²) in [5.41, 5.74) is 1.05. The van der Waals surface area contributed by atoms with Crippen molar-refractivity contribution < 1.29 is 0 Å². The molecule has 0 saturated carbocycles. The van der Waals surface area contributed by atoms with Crippen molar-refractivity contribution in [2.75, 3.05) is 7.05 Å². The van der Waals surface area contributed by atoms with Crippen LogP contribution in [0.25, 0.3) is 0 Å². The summed E-state index contributed by atoms with van der Waals surface area (Å²) in [6.07, 6.45) is 0. The molecule has 0 amide bonds. The fraction of sp³-hybridized carbons (Fsp3) is 0.500. The highest BCUT2D eigenvalue weighted by molar-refractivity contribution is 6.41. The molecule has 0 bridgehead atoms. The van der Waals surface area contributed by atoms with Crippen LogP contribution >= 0.6 is 0 Å². The lowest BCUT2D eigenvalue weighted by Crippen LogP contribution is -2.12. The van der Waals surface area contributed by atoms with Crippen LogP contribution in [0, 0.1) is 0 Å². The van der Waals surface area contributed by atoms with Gasteiger partial charge < -0.3 is 5.23 Å². The monoisotopic (exact) mass is 82.1 g/mol. The molecule has 2 heteroatoms. The first-order chi connectivity index (χ1) is 2.77. The molecule has 0 aliphatic rings. The van der Waals surface area contributed by atoms with Crippen LogP contribution in [0.1, 0.15) is 6.92 Å². The maximum atomic E-state index is 3.63. The van der Waals surface area contributed by atoms with Crippen molar-refractivity contribution >= 4 is 7.41 Å². The number of rotatable bonds is 2. The minimum atomic E-state index is 1.05. The topological polar surface area (TPSA) is 12.0 Å². The van der Waals surface area contributed by atoms with E-state index in [4.69, 9.17) is 0 Å². The van der Waals surface area contributed by atoms with Gasteiger partial charge in [-0.1, -0.05) is 12.4 Å². The normalized spacial score (nSPS) is 7.67. The first-order valence-electron chi connectivity index (χ1n) is 1.93. The third-order valence-electron chi connectivity index (χ3n) is 0.391. The second-order valence-electron chi connectivity index (χ2n) is 1.28. The van der Waals surface area contributed by atoms with Crippen LogP contribution in [0.15, 0.2) is 12.1 Å². The molecule has 0 saturated heterocycles. The van der Waals surface area contributed by atoms with Gasteiger partial charge in [-0.3, -0.25) is 0 Å². The number of hydrogen-bond donors (Lipinski definition) is 1. The van der Waals surface area contributed by atoms with Gasteiger partial charge in [0, 0.05) is 0 Å². The van der Waals surface area contributed by atoms with Crippen molar-refractivity contribution in [1.82, 2.24) is 5.23 Å². The lowest BCUT2D eigenvalue weighted by Gasteiger charge is -1.87. The summed E-state index contributed by atoms with van der Waals surface area (Å²) in [5.74, 6) is 0. The van der Waals surface area contributed by atoms with Crippen LogP contribution < -0.4 is 5.23 Å². The molecule has 0 unspecified atom stereocenters. The van der Waals surface area contributed by atoms with Gasteiger partial charge in [0.2, 0.25) is 7.41 Å². The molecule has 0 aliphatic heterocycles. The third kappa shape index (κ3) is 3.76. The quantitative estimate of drug-likeness (QED) is 0.474. The van der Waals surface area contributed by atoms with Crippen LogP contribution in [-0.2, 0) is 0 Å². The highest BCUT2D eigenvalue weighted by Gasteiger charge is 1.79. The van der Waals surface area contributed by atoms with E-state index in [1.165, 1.54) is 0 Å². The van der Waals surface area contributed by atoms with E-state index in [-0.39, 0.29) is 0 Å². The summed E-state index contributed by atoms with van der Waals surface area (Å²) in [6.45, 7) is 5.57. The zero-order valence-corrected chi connectivity index (χ0v) is 4.28. The molecule has 0 aromatic carbocycles. The molecule has 33 valence electrons. The van der Waals surface area contributed by atoms with Crippen molar-refractivity contribution in [3.63, 3.8) is 0 Å². The molecule has 1 N–H and O–H groups in total. The largest absolute Gasteiger partial charge is 0.359 e. The lowest BCUT2D eigenvalue weighted by atomic mass is 9.86. The molecule has 0 heterocycles. The molecule has 0 atom stereocenters. The second-order valence-corrected chi connectivity index (χ2v) is 1.28. The van der Waals surface area contributed by atoms with E-state index in [2.05, 4.69) is 11.8 Å². The minimum absolute atomic E-state index is 1.05. The molecule has 0 aliphatic carbocycles. The zero-order chi connectivity index (χ0) is 4.99. The molecule has 1 radical (unpaired) electrons. The Hall–Kier alpha value is -0.235. The summed E-state index contributed by atoms with van der Waals surface area (Å²) in [6, 6.07) is 0. The van der Waals surface area contributed by atoms with E-state index >= 15 is 0 Å². The van der Waals surface area contributed by atoms with E-state index in [9.17, 15) is 0 Å². The Morgan fingerprint density at radius 2 is 2.33 bits per heavy atom. The standard InChI is InChI=1S/C4H9BN/c1-4(2)5-6-3/h6H,1H2,2-3H3. The van der Waals surface area contributed by atoms with Crippen molar-refractivity contribution in [1.29, 1.82) is 0 Å². The van der Waals surface area contributed by atoms with E-state index in [0.717, 1.165) is 5.47 Å². The van der Waals surface area contributed by atoms with Crippen molar-refractivity contribution in [2.45, 2.75) is 6.92 Å². The Labute approximate surface area is 39.7 Å². The molecule has 6 heavy (non-hydrogen) atoms. The van der Waals surface area contributed by atoms with Gasteiger partial charge in [0.25, 0.3) is 0 Å². The Morgan fingerprint density at radius 1 is 1.83 bits per heavy atom. The predicted molar refractivity (Wildman–Crippen MR) is 29.6 cm³/mol. The molecule has 0 spiro atoms. The summed E-state index contributed by atoms with van der Waals surface area (Å²) in [5, 5.41) is 2.84. The van der Waals surface area contributed by atoms with Crippen LogP contribution in [0.3, 0.4) is 0 Å². The lowest BCUT2D eigenvalue weighted by molar-refractivity contribution is 1.24. The molecular formula is C4H9BN. The minimum Gasteiger partial charge on any atom is -0.359 e. The summed E-state index contributed by atoms with van der Waals surface area (Å²) in [7, 11) is 3.70. The van der Waals surface area contributed by atoms with E-state index in [0.29, 0.717) is 0 Å². The first-order valence-corrected chi connectivity index (χ1v) is 1.93. The SMILES string of the molecule is C=C(C)[B]NC. The smallest absolute Gasteiger partial charge is 0.239 e. The Balaban J connectivity index is 2.83. The summed E-state index contributed by atoms with van der Waals surface area (Å²) < 4.78 is 0. The highest BCUT2D eigenvalue weighted by Crippen LogP contribution is 1.73. The van der Waals surface area contributed by atoms with Crippen molar-refractivity contribution in [2.24, 2.45) is 0 Å².